The molecule has 1 unspecified atom stereocenters. The highest BCUT2D eigenvalue weighted by molar-refractivity contribution is 5.78. The number of hydrogen-bond donors (Lipinski definition) is 1. The van der Waals surface area contributed by atoms with Crippen molar-refractivity contribution < 1.29 is 5.11 Å². The maximum atomic E-state index is 9.51. The van der Waals surface area contributed by atoms with Gasteiger partial charge in [0, 0.05) is 5.92 Å². The summed E-state index contributed by atoms with van der Waals surface area (Å²) >= 11 is 0. The monoisotopic (exact) mass is 238 g/mol. The van der Waals surface area contributed by atoms with Crippen LogP contribution in [-0.2, 0) is 0 Å². The van der Waals surface area contributed by atoms with Crippen molar-refractivity contribution in [1.82, 2.24) is 0 Å². The molecule has 18 heavy (non-hydrogen) atoms. The third-order valence-electron chi connectivity index (χ3n) is 3.84. The summed E-state index contributed by atoms with van der Waals surface area (Å²) in [5, 5.41) is 9.51. The molecule has 0 fully saturated rings. The van der Waals surface area contributed by atoms with Gasteiger partial charge < -0.3 is 5.11 Å². The zero-order chi connectivity index (χ0) is 12.5. The molecule has 1 heteroatoms. The van der Waals surface area contributed by atoms with E-state index < -0.39 is 0 Å². The predicted octanol–water partition coefficient (Wildman–Crippen LogP) is 3.96. The Morgan fingerprint density at radius 2 is 1.44 bits per heavy atom. The van der Waals surface area contributed by atoms with E-state index in [1.54, 1.807) is 0 Å². The molecule has 0 heterocycles. The highest BCUT2D eigenvalue weighted by Gasteiger charge is 2.27. The minimum Gasteiger partial charge on any atom is -0.393 e. The number of aliphatic hydroxyl groups is 1. The fourth-order valence-corrected chi connectivity index (χ4v) is 2.98. The molecule has 0 spiro atoms. The van der Waals surface area contributed by atoms with Gasteiger partial charge in [0.15, 0.2) is 0 Å². The van der Waals surface area contributed by atoms with Gasteiger partial charge in [-0.2, -0.15) is 0 Å². The molecule has 0 aromatic heterocycles. The number of aliphatic hydroxyl groups excluding tert-OH is 1. The van der Waals surface area contributed by atoms with Crippen LogP contribution in [-0.4, -0.2) is 11.2 Å². The van der Waals surface area contributed by atoms with Crippen LogP contribution in [0.4, 0.5) is 0 Å². The van der Waals surface area contributed by atoms with Crippen LogP contribution in [0.15, 0.2) is 48.5 Å². The molecule has 3 rings (SSSR count). The predicted molar refractivity (Wildman–Crippen MR) is 74.6 cm³/mol. The lowest BCUT2D eigenvalue weighted by Crippen LogP contribution is -2.04. The van der Waals surface area contributed by atoms with Gasteiger partial charge in [-0.15, -0.1) is 0 Å². The summed E-state index contributed by atoms with van der Waals surface area (Å²) in [6, 6.07) is 17.3. The van der Waals surface area contributed by atoms with Crippen molar-refractivity contribution in [2.75, 3.05) is 0 Å². The van der Waals surface area contributed by atoms with Gasteiger partial charge in [0.25, 0.3) is 0 Å². The molecular formula is C17H18O. The van der Waals surface area contributed by atoms with E-state index in [0.29, 0.717) is 5.92 Å². The average molecular weight is 238 g/mol. The van der Waals surface area contributed by atoms with E-state index in [-0.39, 0.29) is 6.10 Å². The van der Waals surface area contributed by atoms with E-state index in [1.807, 2.05) is 6.92 Å². The van der Waals surface area contributed by atoms with Gasteiger partial charge in [-0.25, -0.2) is 0 Å². The van der Waals surface area contributed by atoms with E-state index in [0.717, 1.165) is 12.8 Å². The van der Waals surface area contributed by atoms with Crippen molar-refractivity contribution in [1.29, 1.82) is 0 Å². The van der Waals surface area contributed by atoms with E-state index in [2.05, 4.69) is 48.5 Å². The fraction of sp³-hybridized carbons (Fsp3) is 0.294. The van der Waals surface area contributed by atoms with Gasteiger partial charge in [0.05, 0.1) is 6.10 Å². The molecule has 0 radical (unpaired) electrons. The fourth-order valence-electron chi connectivity index (χ4n) is 2.98. The molecule has 92 valence electrons. The second-order valence-corrected chi connectivity index (χ2v) is 5.15. The Morgan fingerprint density at radius 3 is 1.94 bits per heavy atom. The summed E-state index contributed by atoms with van der Waals surface area (Å²) in [6.07, 6.45) is 1.66. The molecule has 1 aliphatic rings. The van der Waals surface area contributed by atoms with Crippen LogP contribution < -0.4 is 0 Å². The van der Waals surface area contributed by atoms with Crippen LogP contribution in [0.2, 0.25) is 0 Å². The normalized spacial score (nSPS) is 15.2. The second-order valence-electron chi connectivity index (χ2n) is 5.15. The first-order valence-corrected chi connectivity index (χ1v) is 6.63. The SMILES string of the molecule is CC(O)CCC1c2ccccc2-c2ccccc21. The molecule has 1 atom stereocenters. The largest absolute Gasteiger partial charge is 0.393 e. The minimum absolute atomic E-state index is 0.218. The van der Waals surface area contributed by atoms with Crippen molar-refractivity contribution in [2.24, 2.45) is 0 Å². The van der Waals surface area contributed by atoms with E-state index in [4.69, 9.17) is 0 Å². The Kier molecular flexibility index (Phi) is 2.92. The summed E-state index contributed by atoms with van der Waals surface area (Å²) < 4.78 is 0. The van der Waals surface area contributed by atoms with E-state index in [1.165, 1.54) is 22.3 Å². The molecule has 1 aliphatic carbocycles. The van der Waals surface area contributed by atoms with Crippen molar-refractivity contribution in [3.05, 3.63) is 59.7 Å². The zero-order valence-electron chi connectivity index (χ0n) is 10.6. The summed E-state index contributed by atoms with van der Waals surface area (Å²) in [5.74, 6) is 0.451. The van der Waals surface area contributed by atoms with Crippen LogP contribution in [0.25, 0.3) is 11.1 Å². The first-order valence-electron chi connectivity index (χ1n) is 6.63. The smallest absolute Gasteiger partial charge is 0.0512 e. The van der Waals surface area contributed by atoms with Gasteiger partial charge >= 0.3 is 0 Å². The number of fused-ring (bicyclic) bond motifs is 3. The number of benzene rings is 2. The van der Waals surface area contributed by atoms with Crippen molar-refractivity contribution in [2.45, 2.75) is 31.8 Å². The lowest BCUT2D eigenvalue weighted by molar-refractivity contribution is 0.180. The quantitative estimate of drug-likeness (QED) is 0.858. The van der Waals surface area contributed by atoms with Gasteiger partial charge in [0.2, 0.25) is 0 Å². The highest BCUT2D eigenvalue weighted by Crippen LogP contribution is 2.46. The minimum atomic E-state index is -0.218. The molecule has 0 aliphatic heterocycles. The topological polar surface area (TPSA) is 20.2 Å². The van der Waals surface area contributed by atoms with Crippen LogP contribution in [0.3, 0.4) is 0 Å². The summed E-state index contributed by atoms with van der Waals surface area (Å²) in [4.78, 5) is 0. The summed E-state index contributed by atoms with van der Waals surface area (Å²) in [6.45, 7) is 1.87. The standard InChI is InChI=1S/C17H18O/c1-12(18)10-11-17-15-8-4-2-6-13(15)14-7-3-5-9-16(14)17/h2-9,12,17-18H,10-11H2,1H3. The average Bonchev–Trinajstić information content (AvgIpc) is 2.71. The van der Waals surface area contributed by atoms with Crippen molar-refractivity contribution in [3.8, 4) is 11.1 Å². The third-order valence-corrected chi connectivity index (χ3v) is 3.84. The van der Waals surface area contributed by atoms with Gasteiger partial charge in [-0.3, -0.25) is 0 Å². The highest BCUT2D eigenvalue weighted by atomic mass is 16.3. The molecule has 1 N–H and O–H groups in total. The molecule has 2 aromatic carbocycles. The van der Waals surface area contributed by atoms with Crippen molar-refractivity contribution in [3.63, 3.8) is 0 Å². The van der Waals surface area contributed by atoms with Crippen LogP contribution in [0, 0.1) is 0 Å². The first kappa shape index (κ1) is 11.5. The first-order chi connectivity index (χ1) is 8.77. The summed E-state index contributed by atoms with van der Waals surface area (Å²) in [7, 11) is 0. The van der Waals surface area contributed by atoms with E-state index >= 15 is 0 Å². The molecular weight excluding hydrogens is 220 g/mol. The maximum absolute atomic E-state index is 9.51. The Hall–Kier alpha value is -1.60. The van der Waals surface area contributed by atoms with E-state index in [9.17, 15) is 5.11 Å². The Labute approximate surface area is 108 Å². The molecule has 0 amide bonds. The van der Waals surface area contributed by atoms with Crippen LogP contribution in [0.5, 0.6) is 0 Å². The number of rotatable bonds is 3. The Bertz CT molecular complexity index is 512. The summed E-state index contributed by atoms with van der Waals surface area (Å²) in [5.41, 5.74) is 5.56. The lowest BCUT2D eigenvalue weighted by Gasteiger charge is -2.14. The molecule has 0 saturated heterocycles. The Balaban J connectivity index is 2.03. The second kappa shape index (κ2) is 4.58. The zero-order valence-corrected chi connectivity index (χ0v) is 10.6. The van der Waals surface area contributed by atoms with Gasteiger partial charge in [0.1, 0.15) is 0 Å². The Morgan fingerprint density at radius 1 is 0.944 bits per heavy atom. The molecule has 1 nitrogen and oxygen atoms in total. The van der Waals surface area contributed by atoms with Gasteiger partial charge in [-0.1, -0.05) is 48.5 Å². The van der Waals surface area contributed by atoms with Crippen LogP contribution >= 0.6 is 0 Å². The van der Waals surface area contributed by atoms with Gasteiger partial charge in [-0.05, 0) is 42.0 Å². The maximum Gasteiger partial charge on any atom is 0.0512 e. The van der Waals surface area contributed by atoms with Crippen molar-refractivity contribution >= 4 is 0 Å². The third kappa shape index (κ3) is 1.85. The number of hydrogen-bond acceptors (Lipinski definition) is 1. The molecule has 2 aromatic rings. The van der Waals surface area contributed by atoms with Crippen LogP contribution in [0.1, 0.15) is 36.8 Å². The molecule has 0 bridgehead atoms. The molecule has 0 saturated carbocycles. The lowest BCUT2D eigenvalue weighted by atomic mass is 9.91.